The Morgan fingerprint density at radius 2 is 1.91 bits per heavy atom. The van der Waals surface area contributed by atoms with E-state index in [1.54, 1.807) is 36.4 Å². The maximum absolute atomic E-state index is 12.9. The fourth-order valence-corrected chi connectivity index (χ4v) is 3.56. The summed E-state index contributed by atoms with van der Waals surface area (Å²) < 4.78 is 0. The third-order valence-corrected chi connectivity index (χ3v) is 5.30. The minimum atomic E-state index is -1.61. The van der Waals surface area contributed by atoms with Gasteiger partial charge in [0.05, 0.1) is 22.4 Å². The number of halogens is 1. The first-order chi connectivity index (χ1) is 16.8. The maximum atomic E-state index is 12.9. The molecular weight excluding hydrogens is 474 g/mol. The number of H-pyrrole nitrogens is 1. The molecular formula is C24H18ClN5O5. The number of aliphatic hydroxyl groups excluding tert-OH is 1. The Morgan fingerprint density at radius 3 is 2.66 bits per heavy atom. The first-order valence-electron chi connectivity index (χ1n) is 10.3. The van der Waals surface area contributed by atoms with Crippen LogP contribution in [0.2, 0.25) is 5.02 Å². The number of aromatic amines is 1. The second-order valence-corrected chi connectivity index (χ2v) is 7.96. The molecule has 3 aromatic carbocycles. The third kappa shape index (κ3) is 5.57. The Balaban J connectivity index is 1.76. The van der Waals surface area contributed by atoms with Crippen LogP contribution < -0.4 is 11.0 Å². The van der Waals surface area contributed by atoms with Crippen molar-refractivity contribution in [3.63, 3.8) is 0 Å². The van der Waals surface area contributed by atoms with Crippen molar-refractivity contribution in [3.05, 3.63) is 115 Å². The molecule has 1 atom stereocenters. The average molecular weight is 492 g/mol. The van der Waals surface area contributed by atoms with E-state index in [1.807, 2.05) is 6.07 Å². The van der Waals surface area contributed by atoms with Crippen LogP contribution >= 0.6 is 11.6 Å². The molecule has 1 amide bonds. The van der Waals surface area contributed by atoms with Crippen molar-refractivity contribution < 1.29 is 14.8 Å². The number of hydrogen-bond acceptors (Lipinski definition) is 7. The number of nitro benzene ring substituents is 1. The van der Waals surface area contributed by atoms with Gasteiger partial charge in [0, 0.05) is 17.2 Å². The summed E-state index contributed by atoms with van der Waals surface area (Å²) in [6.07, 6.45) is -1.60. The number of amides is 1. The van der Waals surface area contributed by atoms with Crippen LogP contribution in [-0.2, 0) is 11.2 Å². The van der Waals surface area contributed by atoms with E-state index < -0.39 is 22.5 Å². The highest BCUT2D eigenvalue weighted by Crippen LogP contribution is 2.23. The maximum Gasteiger partial charge on any atom is 0.276 e. The standard InChI is InChI=1S/C24H18ClN5O5/c25-16-9-10-18-19(13-16)27-24(33)22(26-18)21(23(32)15-7-4-8-17(12-15)30(34)35)29-28-20(31)11-14-5-2-1-3-6-14/h1-10,12-13,23,32H,11H2,(H,27,33)(H,28,31). The molecule has 0 spiro atoms. The Bertz CT molecular complexity index is 1500. The van der Waals surface area contributed by atoms with E-state index in [2.05, 4.69) is 20.5 Å². The third-order valence-electron chi connectivity index (χ3n) is 5.06. The lowest BCUT2D eigenvalue weighted by Crippen LogP contribution is -2.29. The number of carbonyl (C=O) groups excluding carboxylic acids is 1. The van der Waals surface area contributed by atoms with Gasteiger partial charge in [-0.25, -0.2) is 10.4 Å². The van der Waals surface area contributed by atoms with Crippen LogP contribution in [0.25, 0.3) is 11.0 Å². The van der Waals surface area contributed by atoms with E-state index in [9.17, 15) is 24.8 Å². The topological polar surface area (TPSA) is 151 Å². The van der Waals surface area contributed by atoms with Crippen molar-refractivity contribution in [2.45, 2.75) is 12.5 Å². The van der Waals surface area contributed by atoms with Crippen LogP contribution in [0.15, 0.2) is 82.7 Å². The van der Waals surface area contributed by atoms with Crippen molar-refractivity contribution >= 4 is 39.9 Å². The first-order valence-corrected chi connectivity index (χ1v) is 10.7. The number of aromatic nitrogens is 2. The Hall–Kier alpha value is -4.41. The van der Waals surface area contributed by atoms with Crippen LogP contribution in [0.5, 0.6) is 0 Å². The van der Waals surface area contributed by atoms with Crippen molar-refractivity contribution in [3.8, 4) is 0 Å². The minimum Gasteiger partial charge on any atom is -0.382 e. The van der Waals surface area contributed by atoms with Gasteiger partial charge in [-0.1, -0.05) is 54.1 Å². The van der Waals surface area contributed by atoms with Gasteiger partial charge in [0.15, 0.2) is 5.69 Å². The Morgan fingerprint density at radius 1 is 1.14 bits per heavy atom. The van der Waals surface area contributed by atoms with Gasteiger partial charge >= 0.3 is 0 Å². The number of nitro groups is 1. The number of benzene rings is 3. The largest absolute Gasteiger partial charge is 0.382 e. The van der Waals surface area contributed by atoms with Gasteiger partial charge in [-0.15, -0.1) is 0 Å². The summed E-state index contributed by atoms with van der Waals surface area (Å²) in [5.41, 5.74) is 2.39. The highest BCUT2D eigenvalue weighted by molar-refractivity contribution is 6.31. The molecule has 0 saturated heterocycles. The van der Waals surface area contributed by atoms with Crippen molar-refractivity contribution in [1.29, 1.82) is 0 Å². The molecule has 4 rings (SSSR count). The van der Waals surface area contributed by atoms with Crippen molar-refractivity contribution in [1.82, 2.24) is 15.4 Å². The molecule has 0 fully saturated rings. The molecule has 1 unspecified atom stereocenters. The zero-order chi connectivity index (χ0) is 24.9. The van der Waals surface area contributed by atoms with Crippen LogP contribution in [-0.4, -0.2) is 31.6 Å². The highest BCUT2D eigenvalue weighted by Gasteiger charge is 2.24. The van der Waals surface area contributed by atoms with Crippen LogP contribution in [0.1, 0.15) is 22.9 Å². The summed E-state index contributed by atoms with van der Waals surface area (Å²) in [5.74, 6) is -0.496. The molecule has 0 aliphatic carbocycles. The molecule has 0 radical (unpaired) electrons. The molecule has 3 N–H and O–H groups in total. The van der Waals surface area contributed by atoms with Gasteiger partial charge in [-0.2, -0.15) is 5.10 Å². The number of nitrogens with one attached hydrogen (secondary N) is 2. The minimum absolute atomic E-state index is 0.00449. The van der Waals surface area contributed by atoms with Gasteiger partial charge in [-0.05, 0) is 29.3 Å². The second-order valence-electron chi connectivity index (χ2n) is 7.53. The molecule has 11 heteroatoms. The average Bonchev–Trinajstić information content (AvgIpc) is 2.85. The smallest absolute Gasteiger partial charge is 0.276 e. The molecule has 1 heterocycles. The molecule has 4 aromatic rings. The number of carbonyl (C=O) groups is 1. The lowest BCUT2D eigenvalue weighted by molar-refractivity contribution is -0.385. The lowest BCUT2D eigenvalue weighted by atomic mass is 10.0. The van der Waals surface area contributed by atoms with Gasteiger partial charge in [0.2, 0.25) is 5.91 Å². The van der Waals surface area contributed by atoms with E-state index in [4.69, 9.17) is 11.6 Å². The number of hydrazone groups is 1. The fourth-order valence-electron chi connectivity index (χ4n) is 3.39. The summed E-state index contributed by atoms with van der Waals surface area (Å²) in [7, 11) is 0. The molecule has 0 bridgehead atoms. The second kappa shape index (κ2) is 10.2. The van der Waals surface area contributed by atoms with Crippen LogP contribution in [0, 0.1) is 10.1 Å². The summed E-state index contributed by atoms with van der Waals surface area (Å²) in [6.45, 7) is 0. The lowest BCUT2D eigenvalue weighted by Gasteiger charge is -2.14. The summed E-state index contributed by atoms with van der Waals surface area (Å²) >= 11 is 5.98. The molecule has 1 aromatic heterocycles. The summed E-state index contributed by atoms with van der Waals surface area (Å²) in [5, 5.41) is 26.7. The van der Waals surface area contributed by atoms with Crippen molar-refractivity contribution in [2.24, 2.45) is 5.10 Å². The zero-order valence-corrected chi connectivity index (χ0v) is 18.8. The number of fused-ring (bicyclic) bond motifs is 1. The SMILES string of the molecule is O=C(Cc1ccccc1)NN=C(c1nc2ccc(Cl)cc2[nH]c1=O)C(O)c1cccc([N+](=O)[O-])c1. The zero-order valence-electron chi connectivity index (χ0n) is 18.0. The molecule has 0 aliphatic heterocycles. The number of aliphatic hydroxyl groups is 1. The predicted octanol–water partition coefficient (Wildman–Crippen LogP) is 3.28. The van der Waals surface area contributed by atoms with Crippen LogP contribution in [0.3, 0.4) is 0 Å². The quantitative estimate of drug-likeness (QED) is 0.205. The molecule has 176 valence electrons. The number of hydrogen-bond donors (Lipinski definition) is 3. The van der Waals surface area contributed by atoms with Gasteiger partial charge in [0.1, 0.15) is 11.8 Å². The van der Waals surface area contributed by atoms with Gasteiger partial charge in [0.25, 0.3) is 11.2 Å². The monoisotopic (exact) mass is 491 g/mol. The van der Waals surface area contributed by atoms with Crippen LogP contribution in [0.4, 0.5) is 5.69 Å². The normalized spacial score (nSPS) is 12.3. The Labute approximate surface area is 203 Å². The van der Waals surface area contributed by atoms with Gasteiger partial charge < -0.3 is 10.1 Å². The van der Waals surface area contributed by atoms with E-state index in [0.717, 1.165) is 11.6 Å². The first kappa shape index (κ1) is 23.7. The Kier molecular flexibility index (Phi) is 6.95. The number of non-ortho nitro benzene ring substituents is 1. The highest BCUT2D eigenvalue weighted by atomic mass is 35.5. The molecule has 0 aliphatic rings. The van der Waals surface area contributed by atoms with Gasteiger partial charge in [-0.3, -0.25) is 19.7 Å². The van der Waals surface area contributed by atoms with Crippen molar-refractivity contribution in [2.75, 3.05) is 0 Å². The predicted molar refractivity (Wildman–Crippen MR) is 130 cm³/mol. The van der Waals surface area contributed by atoms with E-state index in [1.165, 1.54) is 24.3 Å². The summed E-state index contributed by atoms with van der Waals surface area (Å²) in [4.78, 5) is 42.8. The summed E-state index contributed by atoms with van der Waals surface area (Å²) in [6, 6.07) is 18.8. The van der Waals surface area contributed by atoms with E-state index >= 15 is 0 Å². The molecule has 0 saturated carbocycles. The molecule has 10 nitrogen and oxygen atoms in total. The fraction of sp³-hybridized carbons (Fsp3) is 0.0833. The number of nitrogens with zero attached hydrogens (tertiary/aromatic N) is 3. The van der Waals surface area contributed by atoms with E-state index in [-0.39, 0.29) is 29.1 Å². The number of rotatable bonds is 7. The molecule has 35 heavy (non-hydrogen) atoms. The van der Waals surface area contributed by atoms with E-state index in [0.29, 0.717) is 16.1 Å².